The molecule has 0 radical (unpaired) electrons. The number of hydrogen-bond donors (Lipinski definition) is 2. The molecule has 11 heteroatoms. The van der Waals surface area contributed by atoms with Gasteiger partial charge >= 0.3 is 0 Å². The molecular formula is C27H36Cl2N6O3. The Bertz CT molecular complexity index is 1140. The zero-order valence-electron chi connectivity index (χ0n) is 22.0. The van der Waals surface area contributed by atoms with Gasteiger partial charge in [-0.3, -0.25) is 14.6 Å². The fourth-order valence-corrected chi connectivity index (χ4v) is 4.56. The Morgan fingerprint density at radius 2 is 1.76 bits per heavy atom. The average Bonchev–Trinajstić information content (AvgIpc) is 3.52. The van der Waals surface area contributed by atoms with Gasteiger partial charge < -0.3 is 20.3 Å². The smallest absolute Gasteiger partial charge is 0.256 e. The van der Waals surface area contributed by atoms with Crippen LogP contribution < -0.4 is 20.3 Å². The van der Waals surface area contributed by atoms with Crippen molar-refractivity contribution in [2.75, 3.05) is 44.7 Å². The molecule has 9 nitrogen and oxygen atoms in total. The quantitative estimate of drug-likeness (QED) is 0.429. The maximum Gasteiger partial charge on any atom is 0.256 e. The SMILES string of the molecule is CC(C)NCCNC(=O)CN(CC(=O)N(C)N1Cc2ccccc2C1)c1cc(C#N)cc2c1OCC2.Cl.Cl. The van der Waals surface area contributed by atoms with Crippen molar-refractivity contribution in [3.63, 3.8) is 0 Å². The highest BCUT2D eigenvalue weighted by atomic mass is 35.5. The molecule has 2 aromatic rings. The monoisotopic (exact) mass is 562 g/mol. The summed E-state index contributed by atoms with van der Waals surface area (Å²) < 4.78 is 5.87. The summed E-state index contributed by atoms with van der Waals surface area (Å²) in [6.07, 6.45) is 0.693. The number of nitrogens with zero attached hydrogens (tertiary/aromatic N) is 4. The van der Waals surface area contributed by atoms with Crippen molar-refractivity contribution < 1.29 is 14.3 Å². The summed E-state index contributed by atoms with van der Waals surface area (Å²) in [5.41, 5.74) is 4.42. The number of benzene rings is 2. The van der Waals surface area contributed by atoms with Crippen LogP contribution in [0, 0.1) is 11.3 Å². The van der Waals surface area contributed by atoms with Gasteiger partial charge in [-0.25, -0.2) is 5.01 Å². The predicted molar refractivity (Wildman–Crippen MR) is 152 cm³/mol. The molecule has 2 heterocycles. The molecule has 0 atom stereocenters. The van der Waals surface area contributed by atoms with Crippen LogP contribution >= 0.6 is 24.8 Å². The molecule has 0 unspecified atom stereocenters. The molecule has 206 valence electrons. The first-order chi connectivity index (χ1) is 17.4. The number of carbonyl (C=O) groups excluding carboxylic acids is 2. The first-order valence-electron chi connectivity index (χ1n) is 12.4. The van der Waals surface area contributed by atoms with Crippen LogP contribution in [0.1, 0.15) is 36.1 Å². The van der Waals surface area contributed by atoms with Crippen LogP contribution in [0.2, 0.25) is 0 Å². The summed E-state index contributed by atoms with van der Waals surface area (Å²) >= 11 is 0. The van der Waals surface area contributed by atoms with E-state index < -0.39 is 0 Å². The van der Waals surface area contributed by atoms with E-state index in [2.05, 4.69) is 28.8 Å². The Morgan fingerprint density at radius 1 is 1.08 bits per heavy atom. The Balaban J connectivity index is 0.00000253. The number of rotatable bonds is 10. The number of ether oxygens (including phenoxy) is 1. The number of fused-ring (bicyclic) bond motifs is 2. The van der Waals surface area contributed by atoms with Crippen LogP contribution in [-0.2, 0) is 29.1 Å². The summed E-state index contributed by atoms with van der Waals surface area (Å²) in [6, 6.07) is 14.2. The van der Waals surface area contributed by atoms with Crippen molar-refractivity contribution in [3.8, 4) is 11.8 Å². The minimum Gasteiger partial charge on any atom is -0.491 e. The molecule has 0 saturated heterocycles. The van der Waals surface area contributed by atoms with Gasteiger partial charge in [-0.1, -0.05) is 38.1 Å². The third-order valence-electron chi connectivity index (χ3n) is 6.50. The molecule has 0 bridgehead atoms. The number of nitriles is 1. The van der Waals surface area contributed by atoms with Crippen LogP contribution in [0.4, 0.5) is 5.69 Å². The van der Waals surface area contributed by atoms with E-state index in [1.54, 1.807) is 23.0 Å². The van der Waals surface area contributed by atoms with Crippen LogP contribution in [0.25, 0.3) is 0 Å². The Morgan fingerprint density at radius 3 is 2.39 bits per heavy atom. The molecule has 2 aromatic carbocycles. The topological polar surface area (TPSA) is 101 Å². The second-order valence-electron chi connectivity index (χ2n) is 9.52. The number of halogens is 2. The van der Waals surface area contributed by atoms with Crippen molar-refractivity contribution >= 4 is 42.3 Å². The number of anilines is 1. The lowest BCUT2D eigenvalue weighted by Gasteiger charge is -2.32. The van der Waals surface area contributed by atoms with Crippen LogP contribution in [0.3, 0.4) is 0 Å². The zero-order chi connectivity index (χ0) is 25.7. The lowest BCUT2D eigenvalue weighted by Crippen LogP contribution is -2.48. The summed E-state index contributed by atoms with van der Waals surface area (Å²) in [5, 5.41) is 19.4. The molecule has 0 spiro atoms. The third kappa shape index (κ3) is 7.51. The minimum atomic E-state index is -0.196. The number of nitrogens with one attached hydrogen (secondary N) is 2. The van der Waals surface area contributed by atoms with E-state index in [4.69, 9.17) is 4.74 Å². The van der Waals surface area contributed by atoms with Crippen molar-refractivity contribution in [3.05, 3.63) is 58.7 Å². The predicted octanol–water partition coefficient (Wildman–Crippen LogP) is 2.65. The van der Waals surface area contributed by atoms with Crippen LogP contribution in [0.5, 0.6) is 5.75 Å². The summed E-state index contributed by atoms with van der Waals surface area (Å²) in [6.45, 7) is 7.02. The normalized spacial score (nSPS) is 13.3. The van der Waals surface area contributed by atoms with Crippen molar-refractivity contribution in [2.45, 2.75) is 39.4 Å². The van der Waals surface area contributed by atoms with Crippen LogP contribution in [-0.4, -0.2) is 67.7 Å². The number of hydrogen-bond acceptors (Lipinski definition) is 7. The number of likely N-dealkylation sites (N-methyl/N-ethyl adjacent to an activating group) is 1. The Labute approximate surface area is 236 Å². The van der Waals surface area contributed by atoms with E-state index in [0.717, 1.165) is 5.56 Å². The Kier molecular flexibility index (Phi) is 11.7. The zero-order valence-corrected chi connectivity index (χ0v) is 23.7. The van der Waals surface area contributed by atoms with E-state index in [-0.39, 0.29) is 49.7 Å². The maximum absolute atomic E-state index is 13.4. The van der Waals surface area contributed by atoms with Gasteiger partial charge in [0, 0.05) is 51.3 Å². The highest BCUT2D eigenvalue weighted by Gasteiger charge is 2.29. The highest BCUT2D eigenvalue weighted by molar-refractivity contribution is 5.88. The van der Waals surface area contributed by atoms with Crippen molar-refractivity contribution in [2.24, 2.45) is 0 Å². The molecule has 2 aliphatic heterocycles. The van der Waals surface area contributed by atoms with Crippen LogP contribution in [0.15, 0.2) is 36.4 Å². The van der Waals surface area contributed by atoms with Gasteiger partial charge in [0.15, 0.2) is 0 Å². The second kappa shape index (κ2) is 14.2. The highest BCUT2D eigenvalue weighted by Crippen LogP contribution is 2.37. The molecule has 2 amide bonds. The first-order valence-corrected chi connectivity index (χ1v) is 12.4. The van der Waals surface area contributed by atoms with E-state index >= 15 is 0 Å². The van der Waals surface area contributed by atoms with E-state index in [9.17, 15) is 14.9 Å². The van der Waals surface area contributed by atoms with Gasteiger partial charge in [-0.05, 0) is 23.3 Å². The first kappa shape index (κ1) is 31.2. The maximum atomic E-state index is 13.4. The fraction of sp³-hybridized carbons (Fsp3) is 0.444. The van der Waals surface area contributed by atoms with Gasteiger partial charge in [0.05, 0.1) is 37.0 Å². The van der Waals surface area contributed by atoms with Gasteiger partial charge in [-0.2, -0.15) is 5.26 Å². The van der Waals surface area contributed by atoms with Gasteiger partial charge in [0.25, 0.3) is 5.91 Å². The minimum absolute atomic E-state index is 0. The molecule has 38 heavy (non-hydrogen) atoms. The molecule has 4 rings (SSSR count). The lowest BCUT2D eigenvalue weighted by atomic mass is 10.1. The van der Waals surface area contributed by atoms with E-state index in [0.29, 0.717) is 62.2 Å². The largest absolute Gasteiger partial charge is 0.491 e. The standard InChI is InChI=1S/C27H34N6O3.2ClH/c1-19(2)29-9-10-30-25(34)17-32(24-13-20(14-28)12-21-8-11-36-27(21)24)18-26(35)31(3)33-15-22-6-4-5-7-23(22)16-33;;/h4-7,12-13,19,29H,8-11,15-18H2,1-3H3,(H,30,34);2*1H. The van der Waals surface area contributed by atoms with Crippen molar-refractivity contribution in [1.82, 2.24) is 20.7 Å². The molecule has 0 fully saturated rings. The average molecular weight is 564 g/mol. The van der Waals surface area contributed by atoms with Gasteiger partial charge in [-0.15, -0.1) is 24.8 Å². The van der Waals surface area contributed by atoms with E-state index in [1.807, 2.05) is 37.1 Å². The third-order valence-corrected chi connectivity index (χ3v) is 6.50. The number of hydrazine groups is 1. The Hall–Kier alpha value is -3.03. The molecule has 2 aliphatic rings. The molecular weight excluding hydrogens is 527 g/mol. The van der Waals surface area contributed by atoms with E-state index in [1.165, 1.54) is 11.1 Å². The molecule has 0 aliphatic carbocycles. The summed E-state index contributed by atoms with van der Waals surface area (Å²) in [7, 11) is 1.76. The number of carbonyl (C=O) groups is 2. The lowest BCUT2D eigenvalue weighted by molar-refractivity contribution is -0.145. The van der Waals surface area contributed by atoms with Gasteiger partial charge in [0.2, 0.25) is 5.91 Å². The fourth-order valence-electron chi connectivity index (χ4n) is 4.56. The van der Waals surface area contributed by atoms with Gasteiger partial charge in [0.1, 0.15) is 5.75 Å². The summed E-state index contributed by atoms with van der Waals surface area (Å²) in [4.78, 5) is 28.0. The summed E-state index contributed by atoms with van der Waals surface area (Å²) in [5.74, 6) is 0.303. The molecule has 2 N–H and O–H groups in total. The molecule has 0 aromatic heterocycles. The second-order valence-corrected chi connectivity index (χ2v) is 9.52. The van der Waals surface area contributed by atoms with Crippen molar-refractivity contribution in [1.29, 1.82) is 5.26 Å². The molecule has 0 saturated carbocycles. The number of amides is 2.